The third-order valence-corrected chi connectivity index (χ3v) is 7.69. The average molecular weight is 406 g/mol. The van der Waals surface area contributed by atoms with Crippen LogP contribution in [0.25, 0.3) is 0 Å². The lowest BCUT2D eigenvalue weighted by atomic mass is 9.92. The monoisotopic (exact) mass is 405 g/mol. The van der Waals surface area contributed by atoms with E-state index in [0.29, 0.717) is 4.90 Å². The van der Waals surface area contributed by atoms with Crippen LogP contribution in [0.2, 0.25) is 0 Å². The molecule has 1 saturated carbocycles. The molecule has 2 aliphatic carbocycles. The molecular weight excluding hydrogens is 374 g/mol. The molecule has 0 aromatic heterocycles. The number of carbonyl (C=O) groups excluding carboxylic acids is 1. The molecule has 7 heteroatoms. The summed E-state index contributed by atoms with van der Waals surface area (Å²) < 4.78 is 27.7. The molecule has 2 fully saturated rings. The van der Waals surface area contributed by atoms with E-state index in [-0.39, 0.29) is 24.9 Å². The van der Waals surface area contributed by atoms with Crippen molar-refractivity contribution in [3.63, 3.8) is 0 Å². The summed E-state index contributed by atoms with van der Waals surface area (Å²) in [7, 11) is -3.57. The number of sulfonamides is 1. The molecule has 28 heavy (non-hydrogen) atoms. The number of carbonyl (C=O) groups is 1. The Labute approximate surface area is 168 Å². The van der Waals surface area contributed by atoms with Crippen LogP contribution in [0.4, 0.5) is 0 Å². The summed E-state index contributed by atoms with van der Waals surface area (Å²) >= 11 is 0. The van der Waals surface area contributed by atoms with Crippen molar-refractivity contribution in [3.8, 4) is 0 Å². The second-order valence-electron chi connectivity index (χ2n) is 8.39. The lowest BCUT2D eigenvalue weighted by Crippen LogP contribution is -2.45. The zero-order valence-electron chi connectivity index (χ0n) is 16.5. The number of hydrogen-bond donors (Lipinski definition) is 2. The molecule has 1 aromatic rings. The summed E-state index contributed by atoms with van der Waals surface area (Å²) in [5.74, 6) is -0.0713. The van der Waals surface area contributed by atoms with Crippen molar-refractivity contribution in [1.82, 2.24) is 14.9 Å². The fourth-order valence-corrected chi connectivity index (χ4v) is 5.49. The summed E-state index contributed by atoms with van der Waals surface area (Å²) in [6.45, 7) is 2.24. The topological polar surface area (TPSA) is 78.5 Å². The molecule has 3 aliphatic rings. The van der Waals surface area contributed by atoms with Gasteiger partial charge in [0.25, 0.3) is 0 Å². The van der Waals surface area contributed by atoms with E-state index < -0.39 is 10.0 Å². The van der Waals surface area contributed by atoms with Crippen LogP contribution in [0.3, 0.4) is 0 Å². The Morgan fingerprint density at radius 1 is 1.04 bits per heavy atom. The van der Waals surface area contributed by atoms with Crippen LogP contribution in [-0.2, 0) is 27.7 Å². The molecule has 1 saturated heterocycles. The van der Waals surface area contributed by atoms with Gasteiger partial charge in [0.1, 0.15) is 0 Å². The number of amides is 1. The lowest BCUT2D eigenvalue weighted by Gasteiger charge is -2.32. The highest BCUT2D eigenvalue weighted by Crippen LogP contribution is 2.29. The smallest absolute Gasteiger partial charge is 0.240 e. The van der Waals surface area contributed by atoms with Crippen molar-refractivity contribution < 1.29 is 13.2 Å². The summed E-state index contributed by atoms with van der Waals surface area (Å²) in [5, 5.41) is 3.07. The zero-order valence-corrected chi connectivity index (χ0v) is 17.3. The van der Waals surface area contributed by atoms with Gasteiger partial charge in [0, 0.05) is 38.1 Å². The van der Waals surface area contributed by atoms with E-state index >= 15 is 0 Å². The number of piperidine rings is 1. The average Bonchev–Trinajstić information content (AvgIpc) is 3.53. The summed E-state index contributed by atoms with van der Waals surface area (Å²) in [6, 6.07) is 6.42. The first-order valence-corrected chi connectivity index (χ1v) is 12.1. The molecule has 4 rings (SSSR count). The van der Waals surface area contributed by atoms with Gasteiger partial charge in [-0.05, 0) is 74.6 Å². The van der Waals surface area contributed by atoms with Crippen molar-refractivity contribution in [2.45, 2.75) is 74.8 Å². The fourth-order valence-electron chi connectivity index (χ4n) is 4.41. The van der Waals surface area contributed by atoms with Gasteiger partial charge < -0.3 is 10.2 Å². The number of fused-ring (bicyclic) bond motifs is 1. The highest BCUT2D eigenvalue weighted by atomic mass is 32.2. The van der Waals surface area contributed by atoms with Crippen molar-refractivity contribution in [3.05, 3.63) is 29.3 Å². The van der Waals surface area contributed by atoms with Crippen molar-refractivity contribution in [1.29, 1.82) is 0 Å². The minimum atomic E-state index is -3.57. The van der Waals surface area contributed by atoms with Gasteiger partial charge >= 0.3 is 0 Å². The highest BCUT2D eigenvalue weighted by Gasteiger charge is 2.32. The standard InChI is InChI=1S/C21H31N3O3S/c25-21(23-18-10-13-24(14-11-18)19-6-7-19)9-12-22-28(26,27)20-8-5-16-3-1-2-4-17(16)15-20/h5,8,15,18-19,22H,1-4,6-7,9-14H2,(H,23,25). The van der Waals surface area contributed by atoms with Gasteiger partial charge in [0.05, 0.1) is 4.90 Å². The normalized spacial score (nSPS) is 21.3. The zero-order chi connectivity index (χ0) is 19.6. The molecule has 0 bridgehead atoms. The van der Waals surface area contributed by atoms with Gasteiger partial charge in [-0.1, -0.05) is 6.07 Å². The van der Waals surface area contributed by atoms with Crippen molar-refractivity contribution in [2.24, 2.45) is 0 Å². The summed E-state index contributed by atoms with van der Waals surface area (Å²) in [4.78, 5) is 15.0. The predicted molar refractivity (Wildman–Crippen MR) is 109 cm³/mol. The van der Waals surface area contributed by atoms with Gasteiger partial charge in [0.15, 0.2) is 0 Å². The van der Waals surface area contributed by atoms with Crippen LogP contribution in [0.1, 0.15) is 56.1 Å². The molecule has 1 aliphatic heterocycles. The molecule has 1 heterocycles. The van der Waals surface area contributed by atoms with Crippen molar-refractivity contribution >= 4 is 15.9 Å². The first-order chi connectivity index (χ1) is 13.5. The molecule has 6 nitrogen and oxygen atoms in total. The Hall–Kier alpha value is -1.44. The quantitative estimate of drug-likeness (QED) is 0.727. The molecule has 0 atom stereocenters. The van der Waals surface area contributed by atoms with Crippen LogP contribution < -0.4 is 10.0 Å². The third-order valence-electron chi connectivity index (χ3n) is 6.23. The largest absolute Gasteiger partial charge is 0.353 e. The maximum Gasteiger partial charge on any atom is 0.240 e. The number of nitrogens with zero attached hydrogens (tertiary/aromatic N) is 1. The van der Waals surface area contributed by atoms with Gasteiger partial charge in [-0.2, -0.15) is 0 Å². The van der Waals surface area contributed by atoms with Gasteiger partial charge in [-0.15, -0.1) is 0 Å². The number of hydrogen-bond acceptors (Lipinski definition) is 4. The van der Waals surface area contributed by atoms with E-state index in [1.165, 1.54) is 24.8 Å². The second-order valence-corrected chi connectivity index (χ2v) is 10.2. The van der Waals surface area contributed by atoms with E-state index in [9.17, 15) is 13.2 Å². The predicted octanol–water partition coefficient (Wildman–Crippen LogP) is 1.98. The molecule has 1 amide bonds. The number of likely N-dealkylation sites (tertiary alicyclic amines) is 1. The Morgan fingerprint density at radius 3 is 2.46 bits per heavy atom. The Morgan fingerprint density at radius 2 is 1.75 bits per heavy atom. The molecule has 0 spiro atoms. The SMILES string of the molecule is O=C(CCNS(=O)(=O)c1ccc2c(c1)CCCC2)NC1CCN(C2CC2)CC1. The number of benzene rings is 1. The van der Waals surface area contributed by atoms with Crippen LogP contribution in [0.5, 0.6) is 0 Å². The number of aryl methyl sites for hydroxylation is 2. The van der Waals surface area contributed by atoms with Crippen LogP contribution in [-0.4, -0.2) is 50.9 Å². The maximum absolute atomic E-state index is 12.5. The molecule has 2 N–H and O–H groups in total. The van der Waals surface area contributed by atoms with E-state index in [4.69, 9.17) is 0 Å². The third kappa shape index (κ3) is 4.93. The molecule has 154 valence electrons. The van der Waals surface area contributed by atoms with Crippen LogP contribution in [0, 0.1) is 0 Å². The van der Waals surface area contributed by atoms with Gasteiger partial charge in [-0.3, -0.25) is 4.79 Å². The highest BCUT2D eigenvalue weighted by molar-refractivity contribution is 7.89. The summed E-state index contributed by atoms with van der Waals surface area (Å²) in [6.07, 6.45) is 9.06. The molecule has 1 aromatic carbocycles. The Kier molecular flexibility index (Phi) is 6.04. The Balaban J connectivity index is 1.22. The van der Waals surface area contributed by atoms with E-state index in [1.807, 2.05) is 6.07 Å². The second kappa shape index (κ2) is 8.51. The van der Waals surface area contributed by atoms with Gasteiger partial charge in [-0.25, -0.2) is 13.1 Å². The maximum atomic E-state index is 12.5. The van der Waals surface area contributed by atoms with E-state index in [0.717, 1.165) is 56.8 Å². The summed E-state index contributed by atoms with van der Waals surface area (Å²) in [5.41, 5.74) is 2.40. The fraction of sp³-hybridized carbons (Fsp3) is 0.667. The Bertz CT molecular complexity index is 812. The van der Waals surface area contributed by atoms with E-state index in [2.05, 4.69) is 14.9 Å². The number of nitrogens with one attached hydrogen (secondary N) is 2. The minimum absolute atomic E-state index is 0.0713. The first kappa shape index (κ1) is 19.9. The molecular formula is C21H31N3O3S. The number of rotatable bonds is 7. The lowest BCUT2D eigenvalue weighted by molar-refractivity contribution is -0.121. The first-order valence-electron chi connectivity index (χ1n) is 10.7. The van der Waals surface area contributed by atoms with Crippen LogP contribution >= 0.6 is 0 Å². The molecule has 0 radical (unpaired) electrons. The van der Waals surface area contributed by atoms with Gasteiger partial charge in [0.2, 0.25) is 15.9 Å². The van der Waals surface area contributed by atoms with Crippen LogP contribution in [0.15, 0.2) is 23.1 Å². The van der Waals surface area contributed by atoms with Crippen molar-refractivity contribution in [2.75, 3.05) is 19.6 Å². The van der Waals surface area contributed by atoms with E-state index in [1.54, 1.807) is 12.1 Å². The molecule has 0 unspecified atom stereocenters. The minimum Gasteiger partial charge on any atom is -0.353 e.